The Balaban J connectivity index is 1.78. The summed E-state index contributed by atoms with van der Waals surface area (Å²) >= 11 is 1.71. The maximum absolute atomic E-state index is 12.9. The zero-order valence-corrected chi connectivity index (χ0v) is 18.1. The van der Waals surface area contributed by atoms with Gasteiger partial charge in [0.2, 0.25) is 5.91 Å². The smallest absolute Gasteiger partial charge is 0.223 e. The van der Waals surface area contributed by atoms with Crippen LogP contribution in [0, 0.1) is 17.8 Å². The van der Waals surface area contributed by atoms with E-state index in [2.05, 4.69) is 24.4 Å². The summed E-state index contributed by atoms with van der Waals surface area (Å²) in [5.74, 6) is 1.12. The Morgan fingerprint density at radius 2 is 1.96 bits per heavy atom. The summed E-state index contributed by atoms with van der Waals surface area (Å²) in [6.45, 7) is 5.99. The number of rotatable bonds is 8. The number of benzene rings is 1. The number of carbonyl (C=O) groups excluding carboxylic acids is 1. The molecule has 27 heavy (non-hydrogen) atoms. The lowest BCUT2D eigenvalue weighted by Gasteiger charge is -2.29. The summed E-state index contributed by atoms with van der Waals surface area (Å²) in [4.78, 5) is 14.7. The molecular weight excluding hydrogens is 378 g/mol. The van der Waals surface area contributed by atoms with Gasteiger partial charge in [-0.1, -0.05) is 39.0 Å². The Bertz CT molecular complexity index is 916. The molecule has 3 atom stereocenters. The first-order valence-corrected chi connectivity index (χ1v) is 12.3. The van der Waals surface area contributed by atoms with Crippen molar-refractivity contribution in [1.82, 2.24) is 4.90 Å². The summed E-state index contributed by atoms with van der Waals surface area (Å²) in [7, 11) is -1.35. The van der Waals surface area contributed by atoms with Crippen LogP contribution in [-0.4, -0.2) is 37.8 Å². The molecule has 1 fully saturated rings. The Labute approximate surface area is 166 Å². The molecule has 0 N–H and O–H groups in total. The maximum Gasteiger partial charge on any atom is 0.223 e. The van der Waals surface area contributed by atoms with Crippen LogP contribution in [0.1, 0.15) is 45.2 Å². The van der Waals surface area contributed by atoms with Crippen molar-refractivity contribution in [2.45, 2.75) is 39.7 Å². The second-order valence-electron chi connectivity index (χ2n) is 8.27. The van der Waals surface area contributed by atoms with E-state index in [0.717, 1.165) is 6.42 Å². The third-order valence-corrected chi connectivity index (χ3v) is 8.41. The zero-order chi connectivity index (χ0) is 19.8. The minimum absolute atomic E-state index is 0.0245. The van der Waals surface area contributed by atoms with Gasteiger partial charge in [0.1, 0.15) is 0 Å². The Kier molecular flexibility index (Phi) is 5.96. The molecule has 1 aliphatic rings. The first-order chi connectivity index (χ1) is 12.7. The molecule has 4 nitrogen and oxygen atoms in total. The van der Waals surface area contributed by atoms with Crippen LogP contribution in [0.3, 0.4) is 0 Å². The van der Waals surface area contributed by atoms with Crippen molar-refractivity contribution in [1.29, 1.82) is 0 Å². The average molecular weight is 408 g/mol. The monoisotopic (exact) mass is 407 g/mol. The quantitative estimate of drug-likeness (QED) is 0.646. The van der Waals surface area contributed by atoms with Crippen molar-refractivity contribution in [3.05, 3.63) is 35.2 Å². The number of thiophene rings is 1. The fourth-order valence-electron chi connectivity index (χ4n) is 3.91. The second-order valence-corrected chi connectivity index (χ2v) is 11.4. The van der Waals surface area contributed by atoms with Crippen molar-refractivity contribution in [2.75, 3.05) is 18.6 Å². The molecule has 1 heterocycles. The van der Waals surface area contributed by atoms with E-state index in [9.17, 15) is 13.2 Å². The molecular formula is C21H29NO3S2. The number of amides is 1. The van der Waals surface area contributed by atoms with E-state index in [1.165, 1.54) is 15.6 Å². The van der Waals surface area contributed by atoms with Crippen molar-refractivity contribution >= 4 is 37.2 Å². The maximum atomic E-state index is 12.9. The van der Waals surface area contributed by atoms with Crippen LogP contribution in [0.4, 0.5) is 0 Å². The van der Waals surface area contributed by atoms with Crippen molar-refractivity contribution in [3.8, 4) is 0 Å². The molecule has 2 aromatic rings. The van der Waals surface area contributed by atoms with Gasteiger partial charge in [0.05, 0.1) is 17.5 Å². The lowest BCUT2D eigenvalue weighted by Crippen LogP contribution is -2.34. The molecule has 1 saturated carbocycles. The molecule has 0 radical (unpaired) electrons. The summed E-state index contributed by atoms with van der Waals surface area (Å²) in [5, 5.41) is 3.37. The van der Waals surface area contributed by atoms with E-state index in [4.69, 9.17) is 0 Å². The highest BCUT2D eigenvalue weighted by atomic mass is 32.2. The van der Waals surface area contributed by atoms with Crippen LogP contribution < -0.4 is 0 Å². The molecule has 0 bridgehead atoms. The normalized spacial score (nSPS) is 20.8. The van der Waals surface area contributed by atoms with Gasteiger partial charge in [-0.3, -0.25) is 4.79 Å². The second kappa shape index (κ2) is 7.92. The first kappa shape index (κ1) is 20.3. The van der Waals surface area contributed by atoms with Gasteiger partial charge in [-0.2, -0.15) is 0 Å². The molecule has 1 amide bonds. The van der Waals surface area contributed by atoms with Gasteiger partial charge in [0.25, 0.3) is 0 Å². The van der Waals surface area contributed by atoms with Gasteiger partial charge in [-0.25, -0.2) is 8.42 Å². The molecule has 6 heteroatoms. The lowest BCUT2D eigenvalue weighted by atomic mass is 9.98. The third-order valence-electron chi connectivity index (χ3n) is 5.43. The summed E-state index contributed by atoms with van der Waals surface area (Å²) in [5.41, 5.74) is 1.20. The lowest BCUT2D eigenvalue weighted by molar-refractivity contribution is -0.132. The largest absolute Gasteiger partial charge is 0.338 e. The average Bonchev–Trinajstić information content (AvgIpc) is 3.15. The van der Waals surface area contributed by atoms with Gasteiger partial charge < -0.3 is 4.90 Å². The van der Waals surface area contributed by atoms with Gasteiger partial charge in [0.15, 0.2) is 9.84 Å². The predicted octanol–water partition coefficient (Wildman–Crippen LogP) is 4.52. The fraction of sp³-hybridized carbons (Fsp3) is 0.571. The van der Waals surface area contributed by atoms with E-state index >= 15 is 0 Å². The Morgan fingerprint density at radius 3 is 2.59 bits per heavy atom. The highest BCUT2D eigenvalue weighted by Crippen LogP contribution is 2.51. The number of carbonyl (C=O) groups is 1. The van der Waals surface area contributed by atoms with E-state index < -0.39 is 9.84 Å². The molecule has 148 valence electrons. The number of fused-ring (bicyclic) bond motifs is 1. The van der Waals surface area contributed by atoms with Gasteiger partial charge in [-0.15, -0.1) is 11.3 Å². The van der Waals surface area contributed by atoms with Crippen LogP contribution in [0.25, 0.3) is 10.1 Å². The molecule has 0 saturated heterocycles. The molecule has 1 aliphatic carbocycles. The van der Waals surface area contributed by atoms with E-state index in [-0.39, 0.29) is 35.8 Å². The van der Waals surface area contributed by atoms with Crippen molar-refractivity contribution < 1.29 is 13.2 Å². The molecule has 0 aliphatic heterocycles. The summed E-state index contributed by atoms with van der Waals surface area (Å²) in [6.07, 6.45) is 1.17. The van der Waals surface area contributed by atoms with Crippen molar-refractivity contribution in [3.63, 3.8) is 0 Å². The minimum Gasteiger partial charge on any atom is -0.338 e. The number of hydrogen-bond acceptors (Lipinski definition) is 4. The zero-order valence-electron chi connectivity index (χ0n) is 16.5. The van der Waals surface area contributed by atoms with E-state index in [1.54, 1.807) is 16.2 Å². The Morgan fingerprint density at radius 1 is 1.30 bits per heavy atom. The van der Waals surface area contributed by atoms with Crippen molar-refractivity contribution in [2.24, 2.45) is 17.8 Å². The standard InChI is InChI=1S/C21H29NO3S2/c1-14(2)13-27(24,25)10-9-20(23)22(4)21(17-11-15(17)3)18-12-26-19-8-6-5-7-16(18)19/h5-8,12,14-15,17,21H,9-11,13H2,1-4H3/t15-,17-,21+/m1/s1. The number of sulfone groups is 1. The highest BCUT2D eigenvalue weighted by Gasteiger charge is 2.44. The van der Waals surface area contributed by atoms with E-state index in [1.807, 2.05) is 33.0 Å². The van der Waals surface area contributed by atoms with Gasteiger partial charge in [-0.05, 0) is 46.6 Å². The molecule has 1 aromatic heterocycles. The highest BCUT2D eigenvalue weighted by molar-refractivity contribution is 7.91. The number of nitrogens with zero attached hydrogens (tertiary/aromatic N) is 1. The summed E-state index contributed by atoms with van der Waals surface area (Å²) < 4.78 is 25.6. The van der Waals surface area contributed by atoms with Crippen LogP contribution in [0.2, 0.25) is 0 Å². The fourth-order valence-corrected chi connectivity index (χ4v) is 6.57. The van der Waals surface area contributed by atoms with E-state index in [0.29, 0.717) is 11.8 Å². The Hall–Kier alpha value is -1.40. The molecule has 0 spiro atoms. The van der Waals surface area contributed by atoms with Crippen LogP contribution in [0.5, 0.6) is 0 Å². The SMILES string of the molecule is CC(C)CS(=O)(=O)CCC(=O)N(C)[C@H](c1csc2ccccc12)[C@@H]1C[C@H]1C. The minimum atomic E-state index is -3.18. The van der Waals surface area contributed by atoms with Crippen LogP contribution >= 0.6 is 11.3 Å². The number of hydrogen-bond donors (Lipinski definition) is 0. The molecule has 3 rings (SSSR count). The van der Waals surface area contributed by atoms with Crippen LogP contribution in [-0.2, 0) is 14.6 Å². The predicted molar refractivity (Wildman–Crippen MR) is 113 cm³/mol. The van der Waals surface area contributed by atoms with Crippen LogP contribution in [0.15, 0.2) is 29.6 Å². The first-order valence-electron chi connectivity index (χ1n) is 9.62. The summed E-state index contributed by atoms with van der Waals surface area (Å²) in [6, 6.07) is 8.32. The van der Waals surface area contributed by atoms with Gasteiger partial charge >= 0.3 is 0 Å². The van der Waals surface area contributed by atoms with Gasteiger partial charge in [0, 0.05) is 18.2 Å². The topological polar surface area (TPSA) is 54.5 Å². The third kappa shape index (κ3) is 4.72. The molecule has 1 aromatic carbocycles. The molecule has 0 unspecified atom stereocenters.